The maximum absolute atomic E-state index is 11.6. The fraction of sp³-hybridized carbons (Fsp3) is 0.909. The van der Waals surface area contributed by atoms with E-state index in [2.05, 4.69) is 11.9 Å². The second-order valence-corrected chi connectivity index (χ2v) is 4.52. The van der Waals surface area contributed by atoms with Crippen molar-refractivity contribution in [3.8, 4) is 0 Å². The average molecular weight is 197 g/mol. The Morgan fingerprint density at radius 3 is 2.79 bits per heavy atom. The molecule has 0 radical (unpaired) electrons. The predicted molar refractivity (Wildman–Crippen MR) is 53.9 cm³/mol. The molecule has 2 aliphatic rings. The zero-order valence-corrected chi connectivity index (χ0v) is 9.03. The van der Waals surface area contributed by atoms with Gasteiger partial charge in [0.25, 0.3) is 0 Å². The van der Waals surface area contributed by atoms with E-state index in [0.717, 1.165) is 25.3 Å². The SMILES string of the molecule is COC(=O)[C@@H]1CC[C@H]2CCC[C@H]1N2C. The number of hydrogen-bond donors (Lipinski definition) is 0. The van der Waals surface area contributed by atoms with E-state index in [1.807, 2.05) is 0 Å². The zero-order chi connectivity index (χ0) is 10.1. The summed E-state index contributed by atoms with van der Waals surface area (Å²) in [6, 6.07) is 1.16. The molecule has 3 heteroatoms. The van der Waals surface area contributed by atoms with Gasteiger partial charge in [0.2, 0.25) is 0 Å². The van der Waals surface area contributed by atoms with Crippen molar-refractivity contribution in [2.75, 3.05) is 14.2 Å². The smallest absolute Gasteiger partial charge is 0.310 e. The molecule has 2 fully saturated rings. The number of nitrogens with zero attached hydrogens (tertiary/aromatic N) is 1. The summed E-state index contributed by atoms with van der Waals surface area (Å²) in [4.78, 5) is 14.0. The Morgan fingerprint density at radius 1 is 1.29 bits per heavy atom. The molecule has 2 aliphatic heterocycles. The third-order valence-corrected chi connectivity index (χ3v) is 3.92. The van der Waals surface area contributed by atoms with Crippen LogP contribution in [0, 0.1) is 5.92 Å². The van der Waals surface area contributed by atoms with E-state index < -0.39 is 0 Å². The second kappa shape index (κ2) is 3.89. The molecular weight excluding hydrogens is 178 g/mol. The lowest BCUT2D eigenvalue weighted by Crippen LogP contribution is -2.53. The number of hydrogen-bond acceptors (Lipinski definition) is 3. The molecule has 0 spiro atoms. The third-order valence-electron chi connectivity index (χ3n) is 3.92. The van der Waals surface area contributed by atoms with E-state index in [1.54, 1.807) is 0 Å². The van der Waals surface area contributed by atoms with Gasteiger partial charge in [-0.25, -0.2) is 0 Å². The van der Waals surface area contributed by atoms with E-state index in [4.69, 9.17) is 4.74 Å². The molecule has 0 aromatic carbocycles. The first-order chi connectivity index (χ1) is 6.74. The summed E-state index contributed by atoms with van der Waals surface area (Å²) in [5.74, 6) is 0.115. The Balaban J connectivity index is 2.10. The number of esters is 1. The summed E-state index contributed by atoms with van der Waals surface area (Å²) in [5, 5.41) is 0. The fourth-order valence-corrected chi connectivity index (χ4v) is 3.06. The summed E-state index contributed by atoms with van der Waals surface area (Å²) in [6.45, 7) is 0. The van der Waals surface area contributed by atoms with Crippen LogP contribution in [-0.4, -0.2) is 37.1 Å². The minimum atomic E-state index is -0.0119. The van der Waals surface area contributed by atoms with Crippen molar-refractivity contribution in [2.45, 2.75) is 44.2 Å². The molecule has 3 nitrogen and oxygen atoms in total. The Bertz CT molecular complexity index is 229. The van der Waals surface area contributed by atoms with Gasteiger partial charge in [0.05, 0.1) is 13.0 Å². The molecule has 80 valence electrons. The third kappa shape index (κ3) is 1.54. The highest BCUT2D eigenvalue weighted by Gasteiger charge is 2.41. The van der Waals surface area contributed by atoms with Crippen LogP contribution < -0.4 is 0 Å². The van der Waals surface area contributed by atoms with Crippen molar-refractivity contribution in [1.82, 2.24) is 4.90 Å². The number of ether oxygens (including phenoxy) is 1. The summed E-state index contributed by atoms with van der Waals surface area (Å²) in [6.07, 6.45) is 5.92. The number of piperidine rings is 2. The van der Waals surface area contributed by atoms with Gasteiger partial charge < -0.3 is 4.74 Å². The van der Waals surface area contributed by atoms with Gasteiger partial charge >= 0.3 is 5.97 Å². The number of carbonyl (C=O) groups is 1. The van der Waals surface area contributed by atoms with Crippen molar-refractivity contribution in [3.05, 3.63) is 0 Å². The molecule has 2 bridgehead atoms. The number of carbonyl (C=O) groups excluding carboxylic acids is 1. The van der Waals surface area contributed by atoms with Gasteiger partial charge in [-0.1, -0.05) is 6.42 Å². The molecule has 0 saturated carbocycles. The minimum Gasteiger partial charge on any atom is -0.469 e. The van der Waals surface area contributed by atoms with Crippen LogP contribution in [0.1, 0.15) is 32.1 Å². The van der Waals surface area contributed by atoms with Gasteiger partial charge in [0, 0.05) is 12.1 Å². The number of methoxy groups -OCH3 is 1. The van der Waals surface area contributed by atoms with Crippen LogP contribution in [0.15, 0.2) is 0 Å². The molecule has 0 aromatic rings. The number of fused-ring (bicyclic) bond motifs is 2. The lowest BCUT2D eigenvalue weighted by Gasteiger charge is -2.47. The minimum absolute atomic E-state index is 0.0119. The van der Waals surface area contributed by atoms with Crippen molar-refractivity contribution < 1.29 is 9.53 Å². The first-order valence-electron chi connectivity index (χ1n) is 5.54. The predicted octanol–water partition coefficient (Wildman–Crippen LogP) is 1.42. The molecule has 0 aromatic heterocycles. The van der Waals surface area contributed by atoms with Gasteiger partial charge in [-0.3, -0.25) is 9.69 Å². The van der Waals surface area contributed by atoms with E-state index in [1.165, 1.54) is 20.0 Å². The van der Waals surface area contributed by atoms with Crippen LogP contribution in [0.2, 0.25) is 0 Å². The van der Waals surface area contributed by atoms with E-state index in [0.29, 0.717) is 6.04 Å². The highest BCUT2D eigenvalue weighted by atomic mass is 16.5. The average Bonchev–Trinajstić information content (AvgIpc) is 2.17. The lowest BCUT2D eigenvalue weighted by atomic mass is 9.78. The van der Waals surface area contributed by atoms with Crippen molar-refractivity contribution >= 4 is 5.97 Å². The van der Waals surface area contributed by atoms with Crippen molar-refractivity contribution in [3.63, 3.8) is 0 Å². The summed E-state index contributed by atoms with van der Waals surface area (Å²) in [7, 11) is 3.65. The molecule has 3 atom stereocenters. The largest absolute Gasteiger partial charge is 0.469 e. The standard InChI is InChI=1S/C11H19NO2/c1-12-8-4-3-5-10(12)9(7-6-8)11(13)14-2/h8-10H,3-7H2,1-2H3/t8-,9-,10-/m1/s1. The first kappa shape index (κ1) is 9.97. The Hall–Kier alpha value is -0.570. The van der Waals surface area contributed by atoms with Crippen molar-refractivity contribution in [1.29, 1.82) is 0 Å². The van der Waals surface area contributed by atoms with Gasteiger partial charge in [-0.15, -0.1) is 0 Å². The highest BCUT2D eigenvalue weighted by molar-refractivity contribution is 5.73. The molecule has 2 saturated heterocycles. The normalized spacial score (nSPS) is 38.0. The molecule has 0 N–H and O–H groups in total. The lowest BCUT2D eigenvalue weighted by molar-refractivity contribution is -0.151. The monoisotopic (exact) mass is 197 g/mol. The van der Waals surface area contributed by atoms with Crippen LogP contribution >= 0.6 is 0 Å². The zero-order valence-electron chi connectivity index (χ0n) is 9.03. The quantitative estimate of drug-likeness (QED) is 0.595. The maximum Gasteiger partial charge on any atom is 0.310 e. The Labute approximate surface area is 85.4 Å². The molecule has 2 rings (SSSR count). The van der Waals surface area contributed by atoms with Gasteiger partial charge in [0.15, 0.2) is 0 Å². The summed E-state index contributed by atoms with van der Waals surface area (Å²) < 4.78 is 4.86. The Kier molecular flexibility index (Phi) is 2.77. The van der Waals surface area contributed by atoms with Crippen LogP contribution in [0.25, 0.3) is 0 Å². The Morgan fingerprint density at radius 2 is 2.07 bits per heavy atom. The van der Waals surface area contributed by atoms with Gasteiger partial charge in [-0.05, 0) is 32.7 Å². The molecule has 14 heavy (non-hydrogen) atoms. The fourth-order valence-electron chi connectivity index (χ4n) is 3.06. The molecule has 0 unspecified atom stereocenters. The summed E-state index contributed by atoms with van der Waals surface area (Å²) in [5.41, 5.74) is 0. The van der Waals surface area contributed by atoms with E-state index in [9.17, 15) is 4.79 Å². The van der Waals surface area contributed by atoms with Crippen LogP contribution in [0.3, 0.4) is 0 Å². The topological polar surface area (TPSA) is 29.5 Å². The first-order valence-corrected chi connectivity index (χ1v) is 5.54. The van der Waals surface area contributed by atoms with Crippen LogP contribution in [0.4, 0.5) is 0 Å². The number of rotatable bonds is 1. The maximum atomic E-state index is 11.6. The van der Waals surface area contributed by atoms with Gasteiger partial charge in [0.1, 0.15) is 0 Å². The second-order valence-electron chi connectivity index (χ2n) is 4.52. The molecular formula is C11H19NO2. The van der Waals surface area contributed by atoms with Crippen molar-refractivity contribution in [2.24, 2.45) is 5.92 Å². The highest BCUT2D eigenvalue weighted by Crippen LogP contribution is 2.36. The van der Waals surface area contributed by atoms with Gasteiger partial charge in [-0.2, -0.15) is 0 Å². The van der Waals surface area contributed by atoms with Crippen LogP contribution in [0.5, 0.6) is 0 Å². The van der Waals surface area contributed by atoms with Crippen LogP contribution in [-0.2, 0) is 9.53 Å². The summed E-state index contributed by atoms with van der Waals surface area (Å²) >= 11 is 0. The molecule has 0 amide bonds. The van der Waals surface area contributed by atoms with E-state index >= 15 is 0 Å². The molecule has 2 heterocycles. The molecule has 0 aliphatic carbocycles. The van der Waals surface area contributed by atoms with E-state index in [-0.39, 0.29) is 11.9 Å².